The molecule has 3 rings (SSSR count). The first kappa shape index (κ1) is 14.5. The van der Waals surface area contributed by atoms with Crippen LogP contribution in [0.2, 0.25) is 0 Å². The molecule has 0 aliphatic heterocycles. The van der Waals surface area contributed by atoms with Gasteiger partial charge in [0.15, 0.2) is 0 Å². The van der Waals surface area contributed by atoms with Crippen molar-refractivity contribution in [3.05, 3.63) is 65.6 Å². The summed E-state index contributed by atoms with van der Waals surface area (Å²) in [4.78, 5) is 4.23. The van der Waals surface area contributed by atoms with E-state index >= 15 is 0 Å². The second-order valence-corrected chi connectivity index (χ2v) is 5.50. The van der Waals surface area contributed by atoms with Crippen molar-refractivity contribution in [3.63, 3.8) is 0 Å². The summed E-state index contributed by atoms with van der Waals surface area (Å²) in [5.74, 6) is 0. The summed E-state index contributed by atoms with van der Waals surface area (Å²) in [6.45, 7) is 4.79. The third kappa shape index (κ3) is 2.78. The highest BCUT2D eigenvalue weighted by Gasteiger charge is 2.13. The van der Waals surface area contributed by atoms with E-state index in [0.717, 1.165) is 29.1 Å². The van der Waals surface area contributed by atoms with Crippen LogP contribution in [0, 0.1) is 13.8 Å². The van der Waals surface area contributed by atoms with E-state index < -0.39 is 0 Å². The zero-order valence-electron chi connectivity index (χ0n) is 13.0. The standard InChI is InChI=1S/C18H20N4/c1-13-5-6-14(2)17(10-13)22-18(11-16(21-22)7-8-19)15-4-3-9-20-12-15/h3-6,9-12H,7-8,19H2,1-2H3. The maximum atomic E-state index is 5.69. The molecule has 0 spiro atoms. The Morgan fingerprint density at radius 3 is 2.73 bits per heavy atom. The molecule has 0 fully saturated rings. The zero-order valence-corrected chi connectivity index (χ0v) is 13.0. The van der Waals surface area contributed by atoms with Crippen LogP contribution in [0.15, 0.2) is 48.8 Å². The highest BCUT2D eigenvalue weighted by atomic mass is 15.3. The Hall–Kier alpha value is -2.46. The molecule has 1 aromatic carbocycles. The Bertz CT molecular complexity index is 775. The summed E-state index contributed by atoms with van der Waals surface area (Å²) in [6.07, 6.45) is 4.42. The van der Waals surface area contributed by atoms with Crippen LogP contribution in [-0.4, -0.2) is 21.3 Å². The van der Waals surface area contributed by atoms with Crippen molar-refractivity contribution in [3.8, 4) is 16.9 Å². The van der Waals surface area contributed by atoms with Crippen LogP contribution in [0.3, 0.4) is 0 Å². The average Bonchev–Trinajstić information content (AvgIpc) is 2.95. The molecule has 0 amide bonds. The number of pyridine rings is 1. The molecule has 0 unspecified atom stereocenters. The molecule has 3 aromatic rings. The lowest BCUT2D eigenvalue weighted by Gasteiger charge is -2.11. The number of aromatic nitrogens is 3. The molecule has 2 N–H and O–H groups in total. The van der Waals surface area contributed by atoms with E-state index in [1.165, 1.54) is 11.1 Å². The van der Waals surface area contributed by atoms with Gasteiger partial charge in [0, 0.05) is 24.4 Å². The quantitative estimate of drug-likeness (QED) is 0.804. The van der Waals surface area contributed by atoms with Crippen LogP contribution < -0.4 is 5.73 Å². The Kier molecular flexibility index (Phi) is 4.02. The molecule has 0 radical (unpaired) electrons. The molecule has 0 aliphatic carbocycles. The van der Waals surface area contributed by atoms with Gasteiger partial charge >= 0.3 is 0 Å². The number of rotatable bonds is 4. The van der Waals surface area contributed by atoms with E-state index in [2.05, 4.69) is 49.2 Å². The fourth-order valence-electron chi connectivity index (χ4n) is 2.55. The minimum absolute atomic E-state index is 0.594. The third-order valence-corrected chi connectivity index (χ3v) is 3.71. The molecule has 2 heterocycles. The van der Waals surface area contributed by atoms with Gasteiger partial charge in [0.05, 0.1) is 17.1 Å². The number of benzene rings is 1. The Labute approximate surface area is 130 Å². The van der Waals surface area contributed by atoms with Crippen LogP contribution in [0.25, 0.3) is 16.9 Å². The minimum Gasteiger partial charge on any atom is -0.330 e. The van der Waals surface area contributed by atoms with Gasteiger partial charge in [-0.15, -0.1) is 0 Å². The second kappa shape index (κ2) is 6.12. The van der Waals surface area contributed by atoms with Crippen molar-refractivity contribution in [1.29, 1.82) is 0 Å². The van der Waals surface area contributed by atoms with Crippen molar-refractivity contribution in [2.45, 2.75) is 20.3 Å². The van der Waals surface area contributed by atoms with E-state index in [-0.39, 0.29) is 0 Å². The first-order valence-electron chi connectivity index (χ1n) is 7.46. The number of hydrogen-bond donors (Lipinski definition) is 1. The van der Waals surface area contributed by atoms with Gasteiger partial charge in [0.25, 0.3) is 0 Å². The summed E-state index contributed by atoms with van der Waals surface area (Å²) >= 11 is 0. The molecule has 4 nitrogen and oxygen atoms in total. The smallest absolute Gasteiger partial charge is 0.0759 e. The SMILES string of the molecule is Cc1ccc(C)c(-n2nc(CCN)cc2-c2cccnc2)c1. The zero-order chi connectivity index (χ0) is 15.5. The highest BCUT2D eigenvalue weighted by molar-refractivity contribution is 5.62. The van der Waals surface area contributed by atoms with Gasteiger partial charge in [0.2, 0.25) is 0 Å². The molecule has 112 valence electrons. The lowest BCUT2D eigenvalue weighted by atomic mass is 10.1. The predicted octanol–water partition coefficient (Wildman–Crippen LogP) is 3.05. The van der Waals surface area contributed by atoms with E-state index in [1.54, 1.807) is 6.20 Å². The number of aryl methyl sites for hydroxylation is 2. The highest BCUT2D eigenvalue weighted by Crippen LogP contribution is 2.25. The summed E-state index contributed by atoms with van der Waals surface area (Å²) in [7, 11) is 0. The molecule has 0 saturated carbocycles. The van der Waals surface area contributed by atoms with E-state index in [9.17, 15) is 0 Å². The molecule has 0 saturated heterocycles. The predicted molar refractivity (Wildman–Crippen MR) is 89.0 cm³/mol. The minimum atomic E-state index is 0.594. The van der Waals surface area contributed by atoms with Crippen LogP contribution in [0.1, 0.15) is 16.8 Å². The maximum Gasteiger partial charge on any atom is 0.0759 e. The van der Waals surface area contributed by atoms with E-state index in [0.29, 0.717) is 6.54 Å². The molecule has 4 heteroatoms. The monoisotopic (exact) mass is 292 g/mol. The topological polar surface area (TPSA) is 56.7 Å². The van der Waals surface area contributed by atoms with Gasteiger partial charge in [-0.05, 0) is 55.8 Å². The van der Waals surface area contributed by atoms with E-state index in [1.807, 2.05) is 16.9 Å². The van der Waals surface area contributed by atoms with Gasteiger partial charge < -0.3 is 5.73 Å². The first-order chi connectivity index (χ1) is 10.7. The Morgan fingerprint density at radius 1 is 1.14 bits per heavy atom. The lowest BCUT2D eigenvalue weighted by Crippen LogP contribution is -2.05. The molecule has 0 bridgehead atoms. The molecule has 0 aliphatic rings. The molecule has 0 atom stereocenters. The third-order valence-electron chi connectivity index (χ3n) is 3.71. The maximum absolute atomic E-state index is 5.69. The fourth-order valence-corrected chi connectivity index (χ4v) is 2.55. The van der Waals surface area contributed by atoms with Crippen LogP contribution in [0.4, 0.5) is 0 Å². The summed E-state index contributed by atoms with van der Waals surface area (Å²) in [5, 5.41) is 4.76. The van der Waals surface area contributed by atoms with Gasteiger partial charge in [-0.3, -0.25) is 4.98 Å². The van der Waals surface area contributed by atoms with Crippen LogP contribution in [-0.2, 0) is 6.42 Å². The Morgan fingerprint density at radius 2 is 2.00 bits per heavy atom. The summed E-state index contributed by atoms with van der Waals surface area (Å²) in [5.41, 5.74) is 12.3. The van der Waals surface area contributed by atoms with Crippen molar-refractivity contribution < 1.29 is 0 Å². The number of hydrogen-bond acceptors (Lipinski definition) is 3. The first-order valence-corrected chi connectivity index (χ1v) is 7.46. The van der Waals surface area contributed by atoms with Gasteiger partial charge in [0.1, 0.15) is 0 Å². The largest absolute Gasteiger partial charge is 0.330 e. The van der Waals surface area contributed by atoms with Crippen LogP contribution >= 0.6 is 0 Å². The number of nitrogens with two attached hydrogens (primary N) is 1. The number of nitrogens with zero attached hydrogens (tertiary/aromatic N) is 3. The summed E-state index contributed by atoms with van der Waals surface area (Å²) in [6, 6.07) is 12.5. The molecule has 22 heavy (non-hydrogen) atoms. The summed E-state index contributed by atoms with van der Waals surface area (Å²) < 4.78 is 2.00. The van der Waals surface area contributed by atoms with Gasteiger partial charge in [-0.25, -0.2) is 4.68 Å². The van der Waals surface area contributed by atoms with Gasteiger partial charge in [-0.2, -0.15) is 5.10 Å². The molecule has 2 aromatic heterocycles. The van der Waals surface area contributed by atoms with Crippen molar-refractivity contribution >= 4 is 0 Å². The second-order valence-electron chi connectivity index (χ2n) is 5.50. The van der Waals surface area contributed by atoms with Crippen molar-refractivity contribution in [2.24, 2.45) is 5.73 Å². The average molecular weight is 292 g/mol. The Balaban J connectivity index is 2.19. The lowest BCUT2D eigenvalue weighted by molar-refractivity contribution is 0.820. The fraction of sp³-hybridized carbons (Fsp3) is 0.222. The molecular formula is C18H20N4. The van der Waals surface area contributed by atoms with Crippen molar-refractivity contribution in [2.75, 3.05) is 6.54 Å². The van der Waals surface area contributed by atoms with Gasteiger partial charge in [-0.1, -0.05) is 12.1 Å². The molecular weight excluding hydrogens is 272 g/mol. The van der Waals surface area contributed by atoms with Crippen LogP contribution in [0.5, 0.6) is 0 Å². The van der Waals surface area contributed by atoms with E-state index in [4.69, 9.17) is 10.8 Å². The van der Waals surface area contributed by atoms with Crippen molar-refractivity contribution in [1.82, 2.24) is 14.8 Å². The normalized spacial score (nSPS) is 10.9.